The smallest absolute Gasteiger partial charge is 0.272 e. The van der Waals surface area contributed by atoms with E-state index in [-0.39, 0.29) is 5.91 Å². The van der Waals surface area contributed by atoms with Crippen LogP contribution in [0.25, 0.3) is 10.9 Å². The minimum atomic E-state index is 0.0303. The molecule has 0 bridgehead atoms. The molecular formula is C21H23N5O. The first-order valence-electron chi connectivity index (χ1n) is 9.78. The Morgan fingerprint density at radius 3 is 2.85 bits per heavy atom. The van der Waals surface area contributed by atoms with E-state index >= 15 is 0 Å². The Bertz CT molecular complexity index is 977. The summed E-state index contributed by atoms with van der Waals surface area (Å²) in [5.74, 6) is 2.34. The lowest BCUT2D eigenvalue weighted by Gasteiger charge is -2.16. The molecule has 5 rings (SSSR count). The number of likely N-dealkylation sites (tertiary alicyclic amines) is 1. The molecule has 0 unspecified atom stereocenters. The van der Waals surface area contributed by atoms with E-state index in [0.29, 0.717) is 11.6 Å². The number of rotatable bonds is 5. The molecule has 2 aliphatic rings. The van der Waals surface area contributed by atoms with Crippen molar-refractivity contribution in [1.29, 1.82) is 0 Å². The number of benzene rings is 1. The van der Waals surface area contributed by atoms with Gasteiger partial charge in [0.1, 0.15) is 17.8 Å². The summed E-state index contributed by atoms with van der Waals surface area (Å²) >= 11 is 0. The summed E-state index contributed by atoms with van der Waals surface area (Å²) in [4.78, 5) is 19.4. The number of carbonyl (C=O) groups excluding carboxylic acids is 1. The van der Waals surface area contributed by atoms with Gasteiger partial charge in [-0.05, 0) is 43.2 Å². The number of hydrogen-bond donors (Lipinski definition) is 0. The number of para-hydroxylation sites is 1. The molecule has 1 atom stereocenters. The highest BCUT2D eigenvalue weighted by Gasteiger charge is 2.29. The molecule has 3 heterocycles. The Morgan fingerprint density at radius 1 is 1.07 bits per heavy atom. The summed E-state index contributed by atoms with van der Waals surface area (Å²) in [5, 5.41) is 9.48. The molecule has 138 valence electrons. The third kappa shape index (κ3) is 3.44. The van der Waals surface area contributed by atoms with Gasteiger partial charge >= 0.3 is 0 Å². The van der Waals surface area contributed by atoms with E-state index in [2.05, 4.69) is 19.7 Å². The quantitative estimate of drug-likeness (QED) is 0.701. The zero-order valence-electron chi connectivity index (χ0n) is 15.3. The highest BCUT2D eigenvalue weighted by molar-refractivity contribution is 5.95. The van der Waals surface area contributed by atoms with Crippen LogP contribution in [0.1, 0.15) is 35.6 Å². The third-order valence-electron chi connectivity index (χ3n) is 5.71. The number of fused-ring (bicyclic) bond motifs is 1. The Morgan fingerprint density at radius 2 is 1.96 bits per heavy atom. The molecule has 1 amide bonds. The average molecular weight is 361 g/mol. The number of nitrogens with zero attached hydrogens (tertiary/aromatic N) is 5. The van der Waals surface area contributed by atoms with Crippen LogP contribution >= 0.6 is 0 Å². The van der Waals surface area contributed by atoms with Gasteiger partial charge in [0.2, 0.25) is 0 Å². The monoisotopic (exact) mass is 361 g/mol. The Labute approximate surface area is 158 Å². The fourth-order valence-corrected chi connectivity index (χ4v) is 3.96. The molecule has 6 nitrogen and oxygen atoms in total. The van der Waals surface area contributed by atoms with E-state index in [1.165, 1.54) is 12.8 Å². The van der Waals surface area contributed by atoms with Gasteiger partial charge in [-0.2, -0.15) is 0 Å². The molecule has 3 aromatic rings. The standard InChI is InChI=1S/C21H23N5O/c27-21(19-8-7-17-3-1-2-4-18(17)23-19)25-10-9-16(13-25)11-20-24-22-14-26(20)12-15-5-6-15/h1-4,7-8,14-16H,5-6,9-13H2/t16-/m1/s1. The van der Waals surface area contributed by atoms with Crippen molar-refractivity contribution in [3.63, 3.8) is 0 Å². The van der Waals surface area contributed by atoms with Crippen LogP contribution in [0.2, 0.25) is 0 Å². The highest BCUT2D eigenvalue weighted by atomic mass is 16.2. The minimum absolute atomic E-state index is 0.0303. The van der Waals surface area contributed by atoms with Crippen molar-refractivity contribution in [3.8, 4) is 0 Å². The van der Waals surface area contributed by atoms with Crippen molar-refractivity contribution in [2.24, 2.45) is 11.8 Å². The molecule has 0 N–H and O–H groups in total. The molecule has 1 aliphatic heterocycles. The van der Waals surface area contributed by atoms with Crippen molar-refractivity contribution < 1.29 is 4.79 Å². The summed E-state index contributed by atoms with van der Waals surface area (Å²) < 4.78 is 2.20. The maximum atomic E-state index is 12.9. The van der Waals surface area contributed by atoms with Crippen molar-refractivity contribution >= 4 is 16.8 Å². The van der Waals surface area contributed by atoms with Gasteiger partial charge in [-0.25, -0.2) is 4.98 Å². The summed E-state index contributed by atoms with van der Waals surface area (Å²) in [5.41, 5.74) is 1.40. The van der Waals surface area contributed by atoms with E-state index in [4.69, 9.17) is 0 Å². The lowest BCUT2D eigenvalue weighted by atomic mass is 10.0. The summed E-state index contributed by atoms with van der Waals surface area (Å²) in [6.45, 7) is 2.59. The molecule has 1 saturated carbocycles. The van der Waals surface area contributed by atoms with Crippen LogP contribution in [0.4, 0.5) is 0 Å². The van der Waals surface area contributed by atoms with Crippen LogP contribution in [-0.4, -0.2) is 43.6 Å². The van der Waals surface area contributed by atoms with E-state index in [1.807, 2.05) is 47.6 Å². The van der Waals surface area contributed by atoms with E-state index in [0.717, 1.165) is 55.1 Å². The summed E-state index contributed by atoms with van der Waals surface area (Å²) in [6.07, 6.45) is 6.39. The normalized spacial score (nSPS) is 19.7. The fraction of sp³-hybridized carbons (Fsp3) is 0.429. The van der Waals surface area contributed by atoms with Crippen molar-refractivity contribution in [3.05, 3.63) is 54.2 Å². The van der Waals surface area contributed by atoms with E-state index in [9.17, 15) is 4.79 Å². The number of hydrogen-bond acceptors (Lipinski definition) is 4. The zero-order chi connectivity index (χ0) is 18.2. The van der Waals surface area contributed by atoms with Gasteiger partial charge in [0.25, 0.3) is 5.91 Å². The topological polar surface area (TPSA) is 63.9 Å². The minimum Gasteiger partial charge on any atom is -0.337 e. The molecule has 1 aromatic carbocycles. The molecular weight excluding hydrogens is 338 g/mol. The maximum absolute atomic E-state index is 12.9. The molecule has 1 saturated heterocycles. The maximum Gasteiger partial charge on any atom is 0.272 e. The van der Waals surface area contributed by atoms with Gasteiger partial charge in [-0.3, -0.25) is 4.79 Å². The van der Waals surface area contributed by atoms with E-state index < -0.39 is 0 Å². The third-order valence-corrected chi connectivity index (χ3v) is 5.71. The van der Waals surface area contributed by atoms with Gasteiger partial charge < -0.3 is 9.47 Å². The van der Waals surface area contributed by atoms with Gasteiger partial charge in [-0.15, -0.1) is 10.2 Å². The average Bonchev–Trinajstić information content (AvgIpc) is 3.21. The summed E-state index contributed by atoms with van der Waals surface area (Å²) in [6, 6.07) is 11.7. The molecule has 2 fully saturated rings. The Kier molecular flexibility index (Phi) is 4.11. The molecule has 2 aromatic heterocycles. The highest BCUT2D eigenvalue weighted by Crippen LogP contribution is 2.31. The van der Waals surface area contributed by atoms with Crippen molar-refractivity contribution in [2.45, 2.75) is 32.2 Å². The Hall–Kier alpha value is -2.76. The number of pyridine rings is 1. The molecule has 27 heavy (non-hydrogen) atoms. The number of amides is 1. The van der Waals surface area contributed by atoms with Crippen LogP contribution in [-0.2, 0) is 13.0 Å². The molecule has 6 heteroatoms. The van der Waals surface area contributed by atoms with Crippen molar-refractivity contribution in [1.82, 2.24) is 24.6 Å². The molecule has 0 radical (unpaired) electrons. The fourth-order valence-electron chi connectivity index (χ4n) is 3.96. The first-order chi connectivity index (χ1) is 13.3. The van der Waals surface area contributed by atoms with Crippen molar-refractivity contribution in [2.75, 3.05) is 13.1 Å². The second-order valence-electron chi connectivity index (χ2n) is 7.84. The zero-order valence-corrected chi connectivity index (χ0v) is 15.3. The van der Waals surface area contributed by atoms with E-state index in [1.54, 1.807) is 0 Å². The lowest BCUT2D eigenvalue weighted by Crippen LogP contribution is -2.29. The first kappa shape index (κ1) is 16.4. The Balaban J connectivity index is 1.25. The largest absolute Gasteiger partial charge is 0.337 e. The predicted molar refractivity (Wildman–Crippen MR) is 102 cm³/mol. The van der Waals surface area contributed by atoms with Crippen LogP contribution in [0.15, 0.2) is 42.7 Å². The SMILES string of the molecule is O=C(c1ccc2ccccc2n1)N1CC[C@H](Cc2nncn2CC2CC2)C1. The van der Waals surface area contributed by atoms with Gasteiger partial charge in [-0.1, -0.05) is 24.3 Å². The second kappa shape index (κ2) is 6.76. The van der Waals surface area contributed by atoms with Gasteiger partial charge in [0.05, 0.1) is 5.52 Å². The second-order valence-corrected chi connectivity index (χ2v) is 7.84. The van der Waals surface area contributed by atoms with Crippen LogP contribution in [0, 0.1) is 11.8 Å². The molecule has 0 spiro atoms. The first-order valence-corrected chi connectivity index (χ1v) is 9.78. The summed E-state index contributed by atoms with van der Waals surface area (Å²) in [7, 11) is 0. The number of carbonyl (C=O) groups is 1. The predicted octanol–water partition coefficient (Wildman–Crippen LogP) is 2.94. The van der Waals surface area contributed by atoms with Crippen LogP contribution < -0.4 is 0 Å². The molecule has 1 aliphatic carbocycles. The number of aromatic nitrogens is 4. The van der Waals surface area contributed by atoms with Crippen LogP contribution in [0.3, 0.4) is 0 Å². The van der Waals surface area contributed by atoms with Gasteiger partial charge in [0.15, 0.2) is 0 Å². The van der Waals surface area contributed by atoms with Gasteiger partial charge in [0, 0.05) is 31.4 Å². The van der Waals surface area contributed by atoms with Crippen LogP contribution in [0.5, 0.6) is 0 Å². The lowest BCUT2D eigenvalue weighted by molar-refractivity contribution is 0.0781.